The van der Waals surface area contributed by atoms with Crippen molar-refractivity contribution in [1.29, 1.82) is 0 Å². The van der Waals surface area contributed by atoms with Crippen LogP contribution in [-0.2, 0) is 6.42 Å². The van der Waals surface area contributed by atoms with Gasteiger partial charge in [-0.25, -0.2) is 0 Å². The van der Waals surface area contributed by atoms with Crippen LogP contribution in [0.3, 0.4) is 0 Å². The number of hydrogen-bond acceptors (Lipinski definition) is 2. The molecule has 0 bridgehead atoms. The van der Waals surface area contributed by atoms with E-state index in [-0.39, 0.29) is 5.75 Å². The van der Waals surface area contributed by atoms with Crippen molar-refractivity contribution in [2.24, 2.45) is 5.73 Å². The maximum atomic E-state index is 12.2. The van der Waals surface area contributed by atoms with Crippen LogP contribution >= 0.6 is 23.2 Å². The lowest BCUT2D eigenvalue weighted by atomic mass is 9.99. The van der Waals surface area contributed by atoms with Crippen LogP contribution in [0.25, 0.3) is 0 Å². The summed E-state index contributed by atoms with van der Waals surface area (Å²) in [6, 6.07) is 11.1. The lowest BCUT2D eigenvalue weighted by Gasteiger charge is -2.15. The van der Waals surface area contributed by atoms with E-state index in [1.807, 2.05) is 0 Å². The van der Waals surface area contributed by atoms with Crippen molar-refractivity contribution in [2.75, 3.05) is 0 Å². The van der Waals surface area contributed by atoms with E-state index in [2.05, 4.69) is 4.74 Å². The average Bonchev–Trinajstić information content (AvgIpc) is 2.42. The van der Waals surface area contributed by atoms with Gasteiger partial charge in [0.25, 0.3) is 0 Å². The molecule has 0 saturated heterocycles. The SMILES string of the molecule is NC(Cc1c(Cl)cccc1Cl)c1cccc(OC(F)F)c1. The molecule has 1 unspecified atom stereocenters. The highest BCUT2D eigenvalue weighted by Gasteiger charge is 2.14. The van der Waals surface area contributed by atoms with E-state index >= 15 is 0 Å². The normalized spacial score (nSPS) is 12.5. The molecule has 0 saturated carbocycles. The van der Waals surface area contributed by atoms with Gasteiger partial charge in [-0.1, -0.05) is 41.4 Å². The van der Waals surface area contributed by atoms with Crippen LogP contribution in [0, 0.1) is 0 Å². The summed E-state index contributed by atoms with van der Waals surface area (Å²) < 4.78 is 28.8. The second-order valence-corrected chi connectivity index (χ2v) is 5.28. The Morgan fingerprint density at radius 2 is 1.67 bits per heavy atom. The second-order valence-electron chi connectivity index (χ2n) is 4.46. The topological polar surface area (TPSA) is 35.2 Å². The van der Waals surface area contributed by atoms with Crippen molar-refractivity contribution >= 4 is 23.2 Å². The minimum absolute atomic E-state index is 0.0724. The van der Waals surface area contributed by atoms with Crippen LogP contribution in [0.15, 0.2) is 42.5 Å². The van der Waals surface area contributed by atoms with Gasteiger partial charge in [-0.15, -0.1) is 0 Å². The zero-order valence-corrected chi connectivity index (χ0v) is 12.4. The smallest absolute Gasteiger partial charge is 0.387 e. The third-order valence-corrected chi connectivity index (χ3v) is 3.71. The van der Waals surface area contributed by atoms with E-state index in [9.17, 15) is 8.78 Å². The van der Waals surface area contributed by atoms with Gasteiger partial charge in [-0.2, -0.15) is 8.78 Å². The van der Waals surface area contributed by atoms with E-state index in [1.54, 1.807) is 30.3 Å². The standard InChI is InChI=1S/C15H13Cl2F2NO/c16-12-5-2-6-13(17)11(12)8-14(20)9-3-1-4-10(7-9)21-15(18)19/h1-7,14-15H,8,20H2. The lowest BCUT2D eigenvalue weighted by molar-refractivity contribution is -0.0498. The Labute approximate surface area is 131 Å². The van der Waals surface area contributed by atoms with Crippen molar-refractivity contribution in [2.45, 2.75) is 19.1 Å². The molecule has 2 rings (SSSR count). The monoisotopic (exact) mass is 331 g/mol. The van der Waals surface area contributed by atoms with Crippen molar-refractivity contribution in [3.05, 3.63) is 63.6 Å². The molecule has 0 radical (unpaired) electrons. The highest BCUT2D eigenvalue weighted by molar-refractivity contribution is 6.36. The predicted molar refractivity (Wildman–Crippen MR) is 80.2 cm³/mol. The summed E-state index contributed by atoms with van der Waals surface area (Å²) >= 11 is 12.2. The number of alkyl halides is 2. The number of hydrogen-bond donors (Lipinski definition) is 1. The van der Waals surface area contributed by atoms with Gasteiger partial charge < -0.3 is 10.5 Å². The molecule has 1 atom stereocenters. The molecule has 0 aliphatic heterocycles. The van der Waals surface area contributed by atoms with Crippen LogP contribution < -0.4 is 10.5 Å². The van der Waals surface area contributed by atoms with Gasteiger partial charge in [-0.05, 0) is 41.8 Å². The van der Waals surface area contributed by atoms with E-state index in [0.717, 1.165) is 5.56 Å². The molecule has 112 valence electrons. The third kappa shape index (κ3) is 4.30. The van der Waals surface area contributed by atoms with Crippen LogP contribution in [-0.4, -0.2) is 6.61 Å². The molecule has 0 heterocycles. The lowest BCUT2D eigenvalue weighted by Crippen LogP contribution is -2.14. The average molecular weight is 332 g/mol. The Hall–Kier alpha value is -1.36. The summed E-state index contributed by atoms with van der Waals surface area (Å²) in [5.41, 5.74) is 7.50. The van der Waals surface area contributed by atoms with Gasteiger partial charge >= 0.3 is 6.61 Å². The number of halogens is 4. The Bertz CT molecular complexity index is 602. The van der Waals surface area contributed by atoms with Crippen molar-refractivity contribution in [3.8, 4) is 5.75 Å². The Morgan fingerprint density at radius 3 is 2.29 bits per heavy atom. The van der Waals surface area contributed by atoms with Crippen LogP contribution in [0.4, 0.5) is 8.78 Å². The van der Waals surface area contributed by atoms with E-state index in [0.29, 0.717) is 22.0 Å². The molecule has 2 nitrogen and oxygen atoms in total. The minimum atomic E-state index is -2.87. The summed E-state index contributed by atoms with van der Waals surface area (Å²) in [6.45, 7) is -2.87. The van der Waals surface area contributed by atoms with Gasteiger partial charge in [0.15, 0.2) is 0 Å². The number of benzene rings is 2. The number of nitrogens with two attached hydrogens (primary N) is 1. The maximum Gasteiger partial charge on any atom is 0.387 e. The molecule has 0 aliphatic carbocycles. The van der Waals surface area contributed by atoms with Gasteiger partial charge in [0.05, 0.1) is 0 Å². The number of ether oxygens (including phenoxy) is 1. The summed E-state index contributed by atoms with van der Waals surface area (Å²) in [5, 5.41) is 1.05. The molecule has 0 spiro atoms. The molecular weight excluding hydrogens is 319 g/mol. The molecule has 21 heavy (non-hydrogen) atoms. The molecule has 0 aromatic heterocycles. The third-order valence-electron chi connectivity index (χ3n) is 3.00. The van der Waals surface area contributed by atoms with Crippen LogP contribution in [0.2, 0.25) is 10.0 Å². The fraction of sp³-hybridized carbons (Fsp3) is 0.200. The molecule has 2 aromatic carbocycles. The highest BCUT2D eigenvalue weighted by atomic mass is 35.5. The van der Waals surface area contributed by atoms with Crippen molar-refractivity contribution < 1.29 is 13.5 Å². The molecule has 0 amide bonds. The van der Waals surface area contributed by atoms with Gasteiger partial charge in [0.2, 0.25) is 0 Å². The Balaban J connectivity index is 2.18. The zero-order chi connectivity index (χ0) is 15.4. The van der Waals surface area contributed by atoms with Crippen LogP contribution in [0.1, 0.15) is 17.2 Å². The van der Waals surface area contributed by atoms with Gasteiger partial charge in [0.1, 0.15) is 5.75 Å². The molecule has 0 aliphatic rings. The quantitative estimate of drug-likeness (QED) is 0.850. The first kappa shape index (κ1) is 16.0. The van der Waals surface area contributed by atoms with E-state index in [4.69, 9.17) is 28.9 Å². The van der Waals surface area contributed by atoms with E-state index < -0.39 is 12.7 Å². The van der Waals surface area contributed by atoms with Crippen molar-refractivity contribution in [3.63, 3.8) is 0 Å². The fourth-order valence-electron chi connectivity index (χ4n) is 1.99. The predicted octanol–water partition coefficient (Wildman–Crippen LogP) is 4.84. The first-order valence-corrected chi connectivity index (χ1v) is 6.96. The van der Waals surface area contributed by atoms with Gasteiger partial charge in [0, 0.05) is 16.1 Å². The first-order valence-electron chi connectivity index (χ1n) is 6.20. The molecule has 2 aromatic rings. The molecular formula is C15H13Cl2F2NO. The summed E-state index contributed by atoms with van der Waals surface area (Å²) in [5.74, 6) is 0.0724. The summed E-state index contributed by atoms with van der Waals surface area (Å²) in [7, 11) is 0. The molecule has 2 N–H and O–H groups in total. The Morgan fingerprint density at radius 1 is 1.05 bits per heavy atom. The second kappa shape index (κ2) is 7.07. The van der Waals surface area contributed by atoms with Crippen molar-refractivity contribution in [1.82, 2.24) is 0 Å². The van der Waals surface area contributed by atoms with E-state index in [1.165, 1.54) is 12.1 Å². The molecule has 6 heteroatoms. The minimum Gasteiger partial charge on any atom is -0.435 e. The number of rotatable bonds is 5. The largest absolute Gasteiger partial charge is 0.435 e. The summed E-state index contributed by atoms with van der Waals surface area (Å²) in [6.07, 6.45) is 0.399. The first-order chi connectivity index (χ1) is 9.97. The molecule has 0 fully saturated rings. The summed E-state index contributed by atoms with van der Waals surface area (Å²) in [4.78, 5) is 0. The van der Waals surface area contributed by atoms with Crippen LogP contribution in [0.5, 0.6) is 5.75 Å². The highest BCUT2D eigenvalue weighted by Crippen LogP contribution is 2.29. The zero-order valence-electron chi connectivity index (χ0n) is 10.9. The fourth-order valence-corrected chi connectivity index (χ4v) is 2.54. The maximum absolute atomic E-state index is 12.2. The Kier molecular flexibility index (Phi) is 5.39. The van der Waals surface area contributed by atoms with Gasteiger partial charge in [-0.3, -0.25) is 0 Å².